The Bertz CT molecular complexity index is 418. The molecular weight excluding hydrogens is 298 g/mol. The Morgan fingerprint density at radius 3 is 2.79 bits per heavy atom. The van der Waals surface area contributed by atoms with Crippen molar-refractivity contribution in [2.75, 3.05) is 19.1 Å². The first kappa shape index (κ1) is 15.1. The van der Waals surface area contributed by atoms with Crippen molar-refractivity contribution < 1.29 is 4.79 Å². The highest BCUT2D eigenvalue weighted by atomic mass is 32.2. The quantitative estimate of drug-likeness (QED) is 0.781. The zero-order chi connectivity index (χ0) is 13.7. The molecule has 7 heteroatoms. The van der Waals surface area contributed by atoms with Crippen molar-refractivity contribution in [2.45, 2.75) is 47.6 Å². The molecule has 0 atom stereocenters. The van der Waals surface area contributed by atoms with Crippen LogP contribution >= 0.6 is 35.1 Å². The van der Waals surface area contributed by atoms with E-state index in [4.69, 9.17) is 0 Å². The van der Waals surface area contributed by atoms with Gasteiger partial charge in [-0.15, -0.1) is 0 Å². The van der Waals surface area contributed by atoms with Crippen molar-refractivity contribution in [1.82, 2.24) is 14.3 Å². The molecule has 1 heterocycles. The second-order valence-corrected chi connectivity index (χ2v) is 7.38. The summed E-state index contributed by atoms with van der Waals surface area (Å²) < 4.78 is 5.08. The lowest BCUT2D eigenvalue weighted by atomic mass is 9.94. The van der Waals surface area contributed by atoms with E-state index in [-0.39, 0.29) is 5.91 Å². The molecule has 0 N–H and O–H groups in total. The number of thioether (sulfide) groups is 2. The molecule has 0 spiro atoms. The van der Waals surface area contributed by atoms with E-state index in [1.165, 1.54) is 54.3 Å². The number of hydrogen-bond acceptors (Lipinski definition) is 6. The minimum absolute atomic E-state index is 0.206. The van der Waals surface area contributed by atoms with E-state index in [1.807, 2.05) is 18.2 Å². The van der Waals surface area contributed by atoms with Gasteiger partial charge in [0, 0.05) is 13.1 Å². The van der Waals surface area contributed by atoms with E-state index < -0.39 is 0 Å². The van der Waals surface area contributed by atoms with Crippen LogP contribution < -0.4 is 0 Å². The van der Waals surface area contributed by atoms with Gasteiger partial charge < -0.3 is 4.90 Å². The number of amides is 1. The van der Waals surface area contributed by atoms with Crippen molar-refractivity contribution >= 4 is 41.0 Å². The lowest BCUT2D eigenvalue weighted by Crippen LogP contribution is -2.39. The number of rotatable bonds is 5. The van der Waals surface area contributed by atoms with Gasteiger partial charge in [0.25, 0.3) is 0 Å². The maximum atomic E-state index is 12.1. The highest BCUT2D eigenvalue weighted by Gasteiger charge is 2.22. The first-order valence-electron chi connectivity index (χ1n) is 6.47. The second-order valence-electron chi connectivity index (χ2n) is 4.63. The number of nitrogens with zero attached hydrogens (tertiary/aromatic N) is 3. The lowest BCUT2D eigenvalue weighted by Gasteiger charge is -2.31. The summed E-state index contributed by atoms with van der Waals surface area (Å²) in [6.45, 7) is 0. The van der Waals surface area contributed by atoms with Crippen LogP contribution in [0, 0.1) is 0 Å². The predicted molar refractivity (Wildman–Crippen MR) is 82.1 cm³/mol. The SMILES string of the molecule is CSc1nsc(SCC(=O)N(C)C2CCCCC2)n1. The van der Waals surface area contributed by atoms with E-state index in [0.717, 1.165) is 22.3 Å². The van der Waals surface area contributed by atoms with Gasteiger partial charge in [0.15, 0.2) is 4.34 Å². The zero-order valence-corrected chi connectivity index (χ0v) is 13.7. The molecular formula is C12H19N3OS3. The molecule has 1 saturated carbocycles. The molecule has 1 aromatic rings. The van der Waals surface area contributed by atoms with Crippen LogP contribution in [-0.2, 0) is 4.79 Å². The van der Waals surface area contributed by atoms with Crippen LogP contribution in [0.25, 0.3) is 0 Å². The average molecular weight is 318 g/mol. The van der Waals surface area contributed by atoms with Gasteiger partial charge in [-0.1, -0.05) is 42.8 Å². The summed E-state index contributed by atoms with van der Waals surface area (Å²) in [4.78, 5) is 18.4. The zero-order valence-electron chi connectivity index (χ0n) is 11.3. The summed E-state index contributed by atoms with van der Waals surface area (Å²) in [7, 11) is 1.94. The Balaban J connectivity index is 1.79. The monoisotopic (exact) mass is 317 g/mol. The molecule has 1 aromatic heterocycles. The molecule has 1 fully saturated rings. The molecule has 19 heavy (non-hydrogen) atoms. The van der Waals surface area contributed by atoms with E-state index >= 15 is 0 Å². The van der Waals surface area contributed by atoms with E-state index in [0.29, 0.717) is 11.8 Å². The van der Waals surface area contributed by atoms with Gasteiger partial charge >= 0.3 is 0 Å². The highest BCUT2D eigenvalue weighted by Crippen LogP contribution is 2.25. The maximum absolute atomic E-state index is 12.1. The largest absolute Gasteiger partial charge is 0.342 e. The topological polar surface area (TPSA) is 46.1 Å². The summed E-state index contributed by atoms with van der Waals surface area (Å²) in [6, 6.07) is 0.443. The molecule has 1 amide bonds. The third-order valence-electron chi connectivity index (χ3n) is 3.41. The van der Waals surface area contributed by atoms with Gasteiger partial charge in [-0.3, -0.25) is 4.79 Å². The third-order valence-corrected chi connectivity index (χ3v) is 5.89. The van der Waals surface area contributed by atoms with Crippen molar-refractivity contribution in [3.05, 3.63) is 0 Å². The lowest BCUT2D eigenvalue weighted by molar-refractivity contribution is -0.129. The van der Waals surface area contributed by atoms with E-state index in [1.54, 1.807) is 0 Å². The summed E-state index contributed by atoms with van der Waals surface area (Å²) in [5, 5.41) is 0.792. The van der Waals surface area contributed by atoms with Crippen molar-refractivity contribution in [3.63, 3.8) is 0 Å². The number of carbonyl (C=O) groups excluding carboxylic acids is 1. The molecule has 0 unspecified atom stereocenters. The molecule has 1 aliphatic carbocycles. The fraction of sp³-hybridized carbons (Fsp3) is 0.750. The summed E-state index contributed by atoms with van der Waals surface area (Å²) in [5.41, 5.74) is 0. The van der Waals surface area contributed by atoms with Gasteiger partial charge in [0.05, 0.1) is 5.75 Å². The van der Waals surface area contributed by atoms with Crippen molar-refractivity contribution in [2.24, 2.45) is 0 Å². The number of aromatic nitrogens is 2. The molecule has 2 rings (SSSR count). The van der Waals surface area contributed by atoms with Crippen LogP contribution in [0.3, 0.4) is 0 Å². The Hall–Kier alpha value is -0.270. The van der Waals surface area contributed by atoms with Gasteiger partial charge in [-0.05, 0) is 30.6 Å². The van der Waals surface area contributed by atoms with Gasteiger partial charge in [0.1, 0.15) is 0 Å². The third kappa shape index (κ3) is 4.36. The smallest absolute Gasteiger partial charge is 0.233 e. The molecule has 4 nitrogen and oxygen atoms in total. The standard InChI is InChI=1S/C12H19N3OS3/c1-15(9-6-4-3-5-7-9)10(16)8-18-12-13-11(17-2)14-19-12/h9H,3-8H2,1-2H3. The van der Waals surface area contributed by atoms with Crippen LogP contribution in [0.1, 0.15) is 32.1 Å². The van der Waals surface area contributed by atoms with Crippen LogP contribution in [0.5, 0.6) is 0 Å². The first-order valence-corrected chi connectivity index (χ1v) is 9.45. The van der Waals surface area contributed by atoms with Gasteiger partial charge in [-0.25, -0.2) is 4.98 Å². The van der Waals surface area contributed by atoms with Crippen LogP contribution in [0.4, 0.5) is 0 Å². The molecule has 0 saturated heterocycles. The Kier molecular flexibility index (Phi) is 5.97. The molecule has 0 aliphatic heterocycles. The van der Waals surface area contributed by atoms with Crippen LogP contribution in [0.15, 0.2) is 9.50 Å². The summed E-state index contributed by atoms with van der Waals surface area (Å²) in [6.07, 6.45) is 8.09. The minimum atomic E-state index is 0.206. The molecule has 1 aliphatic rings. The molecule has 106 valence electrons. The number of hydrogen-bond donors (Lipinski definition) is 0. The fourth-order valence-electron chi connectivity index (χ4n) is 2.24. The minimum Gasteiger partial charge on any atom is -0.342 e. The fourth-order valence-corrected chi connectivity index (χ4v) is 4.37. The van der Waals surface area contributed by atoms with Crippen LogP contribution in [-0.4, -0.2) is 45.3 Å². The second kappa shape index (κ2) is 7.50. The molecule has 0 bridgehead atoms. The molecule has 0 aromatic carbocycles. The normalized spacial score (nSPS) is 16.5. The summed E-state index contributed by atoms with van der Waals surface area (Å²) >= 11 is 4.40. The Labute approximate surface area is 126 Å². The predicted octanol–water partition coefficient (Wildman–Crippen LogP) is 3.14. The van der Waals surface area contributed by atoms with Crippen molar-refractivity contribution in [3.8, 4) is 0 Å². The Morgan fingerprint density at radius 1 is 1.42 bits per heavy atom. The van der Waals surface area contributed by atoms with Crippen molar-refractivity contribution in [1.29, 1.82) is 0 Å². The van der Waals surface area contributed by atoms with Gasteiger partial charge in [-0.2, -0.15) is 4.37 Å². The highest BCUT2D eigenvalue weighted by molar-refractivity contribution is 8.01. The van der Waals surface area contributed by atoms with Gasteiger partial charge in [0.2, 0.25) is 11.1 Å². The number of carbonyl (C=O) groups is 1. The average Bonchev–Trinajstić information content (AvgIpc) is 2.93. The van der Waals surface area contributed by atoms with E-state index in [9.17, 15) is 4.79 Å². The summed E-state index contributed by atoms with van der Waals surface area (Å²) in [5.74, 6) is 0.675. The van der Waals surface area contributed by atoms with E-state index in [2.05, 4.69) is 9.36 Å². The molecule has 0 radical (unpaired) electrons. The maximum Gasteiger partial charge on any atom is 0.233 e. The van der Waals surface area contributed by atoms with Crippen LogP contribution in [0.2, 0.25) is 0 Å². The Morgan fingerprint density at radius 2 is 2.16 bits per heavy atom. The first-order chi connectivity index (χ1) is 9.20.